The second-order valence-electron chi connectivity index (χ2n) is 7.34. The molecular formula is C21H31N5. The first kappa shape index (κ1) is 18.6. The molecule has 140 valence electrons. The van der Waals surface area contributed by atoms with Gasteiger partial charge >= 0.3 is 0 Å². The van der Waals surface area contributed by atoms with Crippen molar-refractivity contribution in [2.45, 2.75) is 27.2 Å². The van der Waals surface area contributed by atoms with Crippen molar-refractivity contribution in [3.63, 3.8) is 0 Å². The third-order valence-corrected chi connectivity index (χ3v) is 4.91. The fourth-order valence-electron chi connectivity index (χ4n) is 3.18. The molecule has 2 heterocycles. The van der Waals surface area contributed by atoms with E-state index in [0.717, 1.165) is 68.7 Å². The van der Waals surface area contributed by atoms with Crippen molar-refractivity contribution in [2.75, 3.05) is 49.5 Å². The molecule has 0 aliphatic carbocycles. The number of anilines is 2. The molecule has 0 amide bonds. The molecule has 1 N–H and O–H groups in total. The first-order chi connectivity index (χ1) is 12.7. The van der Waals surface area contributed by atoms with Crippen LogP contribution >= 0.6 is 0 Å². The minimum absolute atomic E-state index is 0.680. The number of aromatic nitrogens is 2. The summed E-state index contributed by atoms with van der Waals surface area (Å²) in [6.07, 6.45) is 1.13. The van der Waals surface area contributed by atoms with Crippen LogP contribution < -0.4 is 10.2 Å². The van der Waals surface area contributed by atoms with E-state index in [9.17, 15) is 0 Å². The van der Waals surface area contributed by atoms with Gasteiger partial charge in [-0.05, 0) is 18.9 Å². The van der Waals surface area contributed by atoms with Crippen molar-refractivity contribution < 1.29 is 0 Å². The van der Waals surface area contributed by atoms with Crippen LogP contribution in [-0.4, -0.2) is 54.1 Å². The Bertz CT molecular complexity index is 678. The zero-order valence-electron chi connectivity index (χ0n) is 16.3. The Morgan fingerprint density at radius 2 is 1.77 bits per heavy atom. The first-order valence-corrected chi connectivity index (χ1v) is 9.81. The highest BCUT2D eigenvalue weighted by molar-refractivity contribution is 5.64. The average Bonchev–Trinajstić information content (AvgIpc) is 2.68. The van der Waals surface area contributed by atoms with Gasteiger partial charge in [-0.2, -0.15) is 4.98 Å². The first-order valence-electron chi connectivity index (χ1n) is 9.81. The summed E-state index contributed by atoms with van der Waals surface area (Å²) in [5, 5.41) is 3.50. The van der Waals surface area contributed by atoms with Gasteiger partial charge in [0.2, 0.25) is 5.95 Å². The number of rotatable bonds is 7. The molecule has 3 rings (SSSR count). The second-order valence-corrected chi connectivity index (χ2v) is 7.34. The van der Waals surface area contributed by atoms with Crippen LogP contribution in [0.15, 0.2) is 36.4 Å². The molecule has 0 spiro atoms. The van der Waals surface area contributed by atoms with Gasteiger partial charge in [0.05, 0.1) is 5.69 Å². The zero-order valence-corrected chi connectivity index (χ0v) is 16.3. The van der Waals surface area contributed by atoms with Gasteiger partial charge in [-0.1, -0.05) is 51.1 Å². The maximum atomic E-state index is 4.88. The summed E-state index contributed by atoms with van der Waals surface area (Å²) in [4.78, 5) is 14.5. The van der Waals surface area contributed by atoms with Crippen molar-refractivity contribution in [3.05, 3.63) is 36.4 Å². The Morgan fingerprint density at radius 1 is 1.04 bits per heavy atom. The fraction of sp³-hybridized carbons (Fsp3) is 0.524. The van der Waals surface area contributed by atoms with E-state index in [2.05, 4.69) is 66.2 Å². The van der Waals surface area contributed by atoms with Crippen LogP contribution in [0.5, 0.6) is 0 Å². The highest BCUT2D eigenvalue weighted by Gasteiger charge is 2.19. The summed E-state index contributed by atoms with van der Waals surface area (Å²) < 4.78 is 0. The van der Waals surface area contributed by atoms with Crippen molar-refractivity contribution >= 4 is 11.8 Å². The zero-order chi connectivity index (χ0) is 18.4. The highest BCUT2D eigenvalue weighted by atomic mass is 15.3. The molecule has 0 radical (unpaired) electrons. The number of piperazine rings is 1. The molecule has 1 aliphatic rings. The number of hydrogen-bond acceptors (Lipinski definition) is 5. The Labute approximate surface area is 157 Å². The van der Waals surface area contributed by atoms with Crippen LogP contribution in [0.4, 0.5) is 11.8 Å². The Morgan fingerprint density at radius 3 is 2.42 bits per heavy atom. The van der Waals surface area contributed by atoms with Crippen LogP contribution in [-0.2, 0) is 0 Å². The van der Waals surface area contributed by atoms with Gasteiger partial charge in [0, 0.05) is 44.4 Å². The molecule has 26 heavy (non-hydrogen) atoms. The van der Waals surface area contributed by atoms with Crippen LogP contribution in [0, 0.1) is 5.92 Å². The Kier molecular flexibility index (Phi) is 6.45. The van der Waals surface area contributed by atoms with Gasteiger partial charge in [-0.15, -0.1) is 0 Å². The minimum Gasteiger partial charge on any atom is -0.370 e. The molecule has 5 heteroatoms. The highest BCUT2D eigenvalue weighted by Crippen LogP contribution is 2.23. The molecule has 0 saturated carbocycles. The number of nitrogens with one attached hydrogen (secondary N) is 1. The molecule has 0 unspecified atom stereocenters. The summed E-state index contributed by atoms with van der Waals surface area (Å²) in [5.41, 5.74) is 2.12. The predicted molar refractivity (Wildman–Crippen MR) is 110 cm³/mol. The van der Waals surface area contributed by atoms with E-state index in [1.165, 1.54) is 0 Å². The van der Waals surface area contributed by atoms with E-state index < -0.39 is 0 Å². The van der Waals surface area contributed by atoms with Crippen molar-refractivity contribution in [1.82, 2.24) is 14.9 Å². The summed E-state index contributed by atoms with van der Waals surface area (Å²) >= 11 is 0. The van der Waals surface area contributed by atoms with Crippen LogP contribution in [0.1, 0.15) is 27.2 Å². The van der Waals surface area contributed by atoms with Gasteiger partial charge < -0.3 is 15.1 Å². The molecule has 0 bridgehead atoms. The molecule has 2 aromatic rings. The Hall–Kier alpha value is -2.14. The lowest BCUT2D eigenvalue weighted by atomic mass is 10.1. The van der Waals surface area contributed by atoms with Gasteiger partial charge in [0.15, 0.2) is 0 Å². The molecule has 1 aliphatic heterocycles. The second kappa shape index (κ2) is 8.99. The van der Waals surface area contributed by atoms with Crippen LogP contribution in [0.2, 0.25) is 0 Å². The Balaban J connectivity index is 1.83. The molecule has 5 nitrogen and oxygen atoms in total. The number of likely N-dealkylation sites (N-methyl/N-ethyl adjacent to an activating group) is 1. The summed E-state index contributed by atoms with van der Waals surface area (Å²) in [6, 6.07) is 12.4. The molecule has 1 aromatic heterocycles. The lowest BCUT2D eigenvalue weighted by molar-refractivity contribution is 0.270. The third-order valence-electron chi connectivity index (χ3n) is 4.91. The summed E-state index contributed by atoms with van der Waals surface area (Å²) in [5.74, 6) is 2.45. The smallest absolute Gasteiger partial charge is 0.227 e. The largest absolute Gasteiger partial charge is 0.370 e. The van der Waals surface area contributed by atoms with Crippen LogP contribution in [0.3, 0.4) is 0 Å². The third kappa shape index (κ3) is 4.94. The summed E-state index contributed by atoms with van der Waals surface area (Å²) in [6.45, 7) is 12.9. The SMILES string of the molecule is CCN1CCN(c2nc(NCCC(C)C)cc(-c3ccccc3)n2)CC1. The maximum Gasteiger partial charge on any atom is 0.227 e. The topological polar surface area (TPSA) is 44.3 Å². The van der Waals surface area contributed by atoms with Crippen molar-refractivity contribution in [2.24, 2.45) is 5.92 Å². The van der Waals surface area contributed by atoms with E-state index in [4.69, 9.17) is 9.97 Å². The van der Waals surface area contributed by atoms with Gasteiger partial charge in [0.1, 0.15) is 5.82 Å². The number of hydrogen-bond donors (Lipinski definition) is 1. The fourth-order valence-corrected chi connectivity index (χ4v) is 3.18. The summed E-state index contributed by atoms with van der Waals surface area (Å²) in [7, 11) is 0. The van der Waals surface area contributed by atoms with E-state index in [1.807, 2.05) is 6.07 Å². The minimum atomic E-state index is 0.680. The van der Waals surface area contributed by atoms with Gasteiger partial charge in [-0.25, -0.2) is 4.98 Å². The van der Waals surface area contributed by atoms with Crippen molar-refractivity contribution in [3.8, 4) is 11.3 Å². The van der Waals surface area contributed by atoms with E-state index in [0.29, 0.717) is 5.92 Å². The number of nitrogens with zero attached hydrogens (tertiary/aromatic N) is 4. The lowest BCUT2D eigenvalue weighted by Crippen LogP contribution is -2.46. The van der Waals surface area contributed by atoms with E-state index in [-0.39, 0.29) is 0 Å². The standard InChI is InChI=1S/C21H31N5/c1-4-25-12-14-26(15-13-25)21-23-19(18-8-6-5-7-9-18)16-20(24-21)22-11-10-17(2)3/h5-9,16-17H,4,10-15H2,1-3H3,(H,22,23,24). The quantitative estimate of drug-likeness (QED) is 0.821. The van der Waals surface area contributed by atoms with E-state index in [1.54, 1.807) is 0 Å². The van der Waals surface area contributed by atoms with Crippen LogP contribution in [0.25, 0.3) is 11.3 Å². The average molecular weight is 354 g/mol. The molecule has 1 saturated heterocycles. The van der Waals surface area contributed by atoms with Gasteiger partial charge in [-0.3, -0.25) is 0 Å². The van der Waals surface area contributed by atoms with Gasteiger partial charge in [0.25, 0.3) is 0 Å². The number of benzene rings is 1. The monoisotopic (exact) mass is 353 g/mol. The molecule has 1 fully saturated rings. The maximum absolute atomic E-state index is 4.88. The lowest BCUT2D eigenvalue weighted by Gasteiger charge is -2.34. The normalized spacial score (nSPS) is 15.5. The molecule has 0 atom stereocenters. The molecule has 1 aromatic carbocycles. The predicted octanol–water partition coefficient (Wildman–Crippen LogP) is 3.74. The van der Waals surface area contributed by atoms with Crippen molar-refractivity contribution in [1.29, 1.82) is 0 Å². The van der Waals surface area contributed by atoms with E-state index >= 15 is 0 Å². The molecular weight excluding hydrogens is 322 g/mol.